The van der Waals surface area contributed by atoms with Crippen molar-refractivity contribution in [3.05, 3.63) is 23.8 Å². The van der Waals surface area contributed by atoms with Gasteiger partial charge >= 0.3 is 5.97 Å². The van der Waals surface area contributed by atoms with Gasteiger partial charge in [-0.1, -0.05) is 13.5 Å². The fourth-order valence-corrected chi connectivity index (χ4v) is 2.80. The Kier molecular flexibility index (Phi) is 4.11. The summed E-state index contributed by atoms with van der Waals surface area (Å²) in [7, 11) is 0. The number of aliphatic hydroxyl groups excluding tert-OH is 2. The maximum absolute atomic E-state index is 11.7. The molecule has 0 unspecified atom stereocenters. The maximum atomic E-state index is 11.7. The summed E-state index contributed by atoms with van der Waals surface area (Å²) in [6.07, 6.45) is 1.89. The minimum Gasteiger partial charge on any atom is -0.458 e. The van der Waals surface area contributed by atoms with E-state index in [-0.39, 0.29) is 23.9 Å². The lowest BCUT2D eigenvalue weighted by atomic mass is 9.82. The quantitative estimate of drug-likeness (QED) is 0.516. The Morgan fingerprint density at radius 2 is 2.05 bits per heavy atom. The molecule has 2 N–H and O–H groups in total. The van der Waals surface area contributed by atoms with Crippen LogP contribution in [0.4, 0.5) is 0 Å². The third kappa shape index (κ3) is 2.90. The van der Waals surface area contributed by atoms with Gasteiger partial charge in [0.25, 0.3) is 0 Å². The molecular weight excluding hydrogens is 244 g/mol. The van der Waals surface area contributed by atoms with Gasteiger partial charge in [0, 0.05) is 5.92 Å². The monoisotopic (exact) mass is 266 g/mol. The number of carbonyl (C=O) groups is 1. The molecule has 2 aliphatic rings. The zero-order chi connectivity index (χ0) is 14.2. The van der Waals surface area contributed by atoms with Crippen LogP contribution in [0.15, 0.2) is 23.8 Å². The Labute approximate surface area is 113 Å². The molecule has 1 heterocycles. The Balaban J connectivity index is 2.30. The van der Waals surface area contributed by atoms with Gasteiger partial charge in [-0.2, -0.15) is 0 Å². The maximum Gasteiger partial charge on any atom is 0.309 e. The van der Waals surface area contributed by atoms with Gasteiger partial charge in [-0.15, -0.1) is 0 Å². The molecule has 0 radical (unpaired) electrons. The van der Waals surface area contributed by atoms with E-state index in [1.54, 1.807) is 0 Å². The molecule has 0 aromatic heterocycles. The molecule has 0 saturated carbocycles. The molecular formula is C15H22O4. The van der Waals surface area contributed by atoms with Crippen LogP contribution in [0.3, 0.4) is 0 Å². The Morgan fingerprint density at radius 3 is 2.74 bits per heavy atom. The van der Waals surface area contributed by atoms with Crippen molar-refractivity contribution >= 4 is 5.97 Å². The van der Waals surface area contributed by atoms with Crippen LogP contribution in [0.25, 0.3) is 0 Å². The molecule has 0 bridgehead atoms. The third-order valence-electron chi connectivity index (χ3n) is 4.35. The lowest BCUT2D eigenvalue weighted by molar-refractivity contribution is -0.142. The van der Waals surface area contributed by atoms with Gasteiger partial charge in [0.15, 0.2) is 0 Å². The molecule has 0 amide bonds. The third-order valence-corrected chi connectivity index (χ3v) is 4.35. The van der Waals surface area contributed by atoms with E-state index in [1.807, 2.05) is 19.9 Å². The second-order valence-corrected chi connectivity index (χ2v) is 5.73. The van der Waals surface area contributed by atoms with Crippen LogP contribution in [0.5, 0.6) is 0 Å². The van der Waals surface area contributed by atoms with Crippen molar-refractivity contribution in [1.29, 1.82) is 0 Å². The number of fused-ring (bicyclic) bond motifs is 1. The topological polar surface area (TPSA) is 66.8 Å². The van der Waals surface area contributed by atoms with Gasteiger partial charge in [-0.05, 0) is 43.4 Å². The molecule has 1 fully saturated rings. The summed E-state index contributed by atoms with van der Waals surface area (Å²) < 4.78 is 5.34. The molecule has 1 saturated heterocycles. The van der Waals surface area contributed by atoms with E-state index >= 15 is 0 Å². The molecule has 4 heteroatoms. The molecule has 19 heavy (non-hydrogen) atoms. The average molecular weight is 266 g/mol. The molecule has 1 aliphatic carbocycles. The summed E-state index contributed by atoms with van der Waals surface area (Å²) in [5.41, 5.74) is 1.54. The molecule has 0 spiro atoms. The van der Waals surface area contributed by atoms with Crippen LogP contribution < -0.4 is 0 Å². The first-order valence-electron chi connectivity index (χ1n) is 6.82. The van der Waals surface area contributed by atoms with Crippen LogP contribution in [-0.4, -0.2) is 34.5 Å². The highest BCUT2D eigenvalue weighted by Gasteiger charge is 2.42. The summed E-state index contributed by atoms with van der Waals surface area (Å²) in [6.45, 7) is 7.55. The average Bonchev–Trinajstić information content (AvgIpc) is 2.62. The number of hydrogen-bond acceptors (Lipinski definition) is 4. The molecule has 2 rings (SSSR count). The van der Waals surface area contributed by atoms with Crippen LogP contribution in [0.2, 0.25) is 0 Å². The van der Waals surface area contributed by atoms with Gasteiger partial charge in [-0.25, -0.2) is 0 Å². The predicted octanol–water partition coefficient (Wildman–Crippen LogP) is 1.57. The largest absolute Gasteiger partial charge is 0.458 e. The highest BCUT2D eigenvalue weighted by molar-refractivity contribution is 5.75. The first kappa shape index (κ1) is 14.3. The van der Waals surface area contributed by atoms with E-state index in [0.717, 1.165) is 11.1 Å². The Hall–Kier alpha value is -1.13. The van der Waals surface area contributed by atoms with Crippen LogP contribution >= 0.6 is 0 Å². The van der Waals surface area contributed by atoms with Gasteiger partial charge in [-0.3, -0.25) is 4.79 Å². The smallest absolute Gasteiger partial charge is 0.309 e. The zero-order valence-electron chi connectivity index (χ0n) is 11.5. The summed E-state index contributed by atoms with van der Waals surface area (Å²) >= 11 is 0. The first-order chi connectivity index (χ1) is 8.90. The highest BCUT2D eigenvalue weighted by Crippen LogP contribution is 2.35. The molecule has 0 aromatic rings. The second-order valence-electron chi connectivity index (χ2n) is 5.73. The van der Waals surface area contributed by atoms with Gasteiger partial charge in [0.1, 0.15) is 6.10 Å². The molecule has 5 atom stereocenters. The van der Waals surface area contributed by atoms with Crippen molar-refractivity contribution in [2.45, 2.75) is 51.4 Å². The molecule has 1 aliphatic heterocycles. The number of carbonyl (C=O) groups excluding carboxylic acids is 1. The number of aliphatic hydroxyl groups is 2. The second kappa shape index (κ2) is 5.47. The fourth-order valence-electron chi connectivity index (χ4n) is 2.80. The normalized spacial score (nSPS) is 43.2. The van der Waals surface area contributed by atoms with E-state index in [1.165, 1.54) is 0 Å². The Morgan fingerprint density at radius 1 is 1.37 bits per heavy atom. The van der Waals surface area contributed by atoms with Crippen molar-refractivity contribution in [2.24, 2.45) is 11.8 Å². The summed E-state index contributed by atoms with van der Waals surface area (Å²) in [4.78, 5) is 11.7. The van der Waals surface area contributed by atoms with Gasteiger partial charge in [0.05, 0.1) is 18.1 Å². The zero-order valence-corrected chi connectivity index (χ0v) is 11.5. The summed E-state index contributed by atoms with van der Waals surface area (Å²) in [5, 5.41) is 20.2. The predicted molar refractivity (Wildman–Crippen MR) is 71.3 cm³/mol. The van der Waals surface area contributed by atoms with Crippen molar-refractivity contribution in [3.8, 4) is 0 Å². The minimum absolute atomic E-state index is 0.0560. The van der Waals surface area contributed by atoms with Crippen molar-refractivity contribution in [2.75, 3.05) is 0 Å². The van der Waals surface area contributed by atoms with Crippen LogP contribution in [0, 0.1) is 11.8 Å². The number of rotatable bonds is 0. The van der Waals surface area contributed by atoms with Gasteiger partial charge in [0.2, 0.25) is 0 Å². The lowest BCUT2D eigenvalue weighted by Gasteiger charge is -2.25. The Bertz CT molecular complexity index is 412. The highest BCUT2D eigenvalue weighted by atomic mass is 16.6. The van der Waals surface area contributed by atoms with E-state index < -0.39 is 12.2 Å². The van der Waals surface area contributed by atoms with E-state index in [0.29, 0.717) is 19.3 Å². The first-order valence-corrected chi connectivity index (χ1v) is 6.82. The van der Waals surface area contributed by atoms with Crippen molar-refractivity contribution in [1.82, 2.24) is 0 Å². The minimum atomic E-state index is -0.636. The SMILES string of the molecule is C=C1CC[C@H](O)/C(C)=C\[C@H]2OC(=O)[C@@H](C)[C@@H]2C[C@@H]1O. The van der Waals surface area contributed by atoms with Crippen LogP contribution in [-0.2, 0) is 9.53 Å². The van der Waals surface area contributed by atoms with E-state index in [4.69, 9.17) is 4.74 Å². The molecule has 106 valence electrons. The van der Waals surface area contributed by atoms with Crippen molar-refractivity contribution in [3.63, 3.8) is 0 Å². The van der Waals surface area contributed by atoms with Crippen molar-refractivity contribution < 1.29 is 19.7 Å². The van der Waals surface area contributed by atoms with E-state index in [9.17, 15) is 15.0 Å². The lowest BCUT2D eigenvalue weighted by Crippen LogP contribution is -2.27. The van der Waals surface area contributed by atoms with E-state index in [2.05, 4.69) is 6.58 Å². The summed E-state index contributed by atoms with van der Waals surface area (Å²) in [5.74, 6) is -0.516. The standard InChI is InChI=1S/C15H22O4/c1-8-4-5-12(16)9(2)6-14-11(7-13(8)17)10(3)15(18)19-14/h6,10-14,16-17H,1,4-5,7H2,2-3H3/b9-6-/t10-,11-,12-,13-,14+/m0/s1. The molecule has 4 nitrogen and oxygen atoms in total. The number of hydrogen-bond donors (Lipinski definition) is 2. The molecule has 0 aromatic carbocycles. The van der Waals surface area contributed by atoms with Crippen LogP contribution in [0.1, 0.15) is 33.1 Å². The fraction of sp³-hybridized carbons (Fsp3) is 0.667. The summed E-state index contributed by atoms with van der Waals surface area (Å²) in [6, 6.07) is 0. The number of esters is 1. The number of ether oxygens (including phenoxy) is 1. The van der Waals surface area contributed by atoms with Gasteiger partial charge < -0.3 is 14.9 Å².